The molecule has 3 rings (SSSR count). The zero-order valence-electron chi connectivity index (χ0n) is 13.4. The molecule has 2 N–H and O–H groups in total. The summed E-state index contributed by atoms with van der Waals surface area (Å²) in [5.41, 5.74) is 7.55. The molecule has 0 atom stereocenters. The van der Waals surface area contributed by atoms with Crippen molar-refractivity contribution in [3.05, 3.63) is 22.2 Å². The summed E-state index contributed by atoms with van der Waals surface area (Å²) in [6, 6.07) is 4.08. The van der Waals surface area contributed by atoms with Crippen LogP contribution in [0.25, 0.3) is 0 Å². The Morgan fingerprint density at radius 2 is 1.91 bits per heavy atom. The third-order valence-electron chi connectivity index (χ3n) is 4.84. The molecule has 2 fully saturated rings. The number of ether oxygens (including phenoxy) is 2. The van der Waals surface area contributed by atoms with Crippen molar-refractivity contribution < 1.29 is 9.47 Å². The van der Waals surface area contributed by atoms with Gasteiger partial charge in [0.15, 0.2) is 11.5 Å². The number of hydrogen-bond acceptors (Lipinski definition) is 4. The highest BCUT2D eigenvalue weighted by Crippen LogP contribution is 2.45. The molecule has 0 unspecified atom stereocenters. The predicted molar refractivity (Wildman–Crippen MR) is 91.6 cm³/mol. The Bertz CT molecular complexity index is 538. The maximum absolute atomic E-state index is 6.77. The molecule has 1 heterocycles. The molecule has 0 bridgehead atoms. The fourth-order valence-corrected chi connectivity index (χ4v) is 3.98. The third kappa shape index (κ3) is 3.12. The Labute approximate surface area is 141 Å². The van der Waals surface area contributed by atoms with E-state index in [1.54, 1.807) is 7.11 Å². The Morgan fingerprint density at radius 1 is 1.23 bits per heavy atom. The number of benzene rings is 1. The van der Waals surface area contributed by atoms with Crippen LogP contribution in [-0.2, 0) is 5.54 Å². The van der Waals surface area contributed by atoms with Gasteiger partial charge in [0.25, 0.3) is 0 Å². The van der Waals surface area contributed by atoms with Gasteiger partial charge in [0.1, 0.15) is 6.10 Å². The lowest BCUT2D eigenvalue weighted by molar-refractivity contribution is 0.0349. The summed E-state index contributed by atoms with van der Waals surface area (Å²) >= 11 is 3.59. The second-order valence-electron chi connectivity index (χ2n) is 6.66. The van der Waals surface area contributed by atoms with Gasteiger partial charge in [-0.15, -0.1) is 0 Å². The first-order valence-corrected chi connectivity index (χ1v) is 8.83. The Hall–Kier alpha value is -0.780. The Kier molecular flexibility index (Phi) is 4.67. The number of likely N-dealkylation sites (tertiary alicyclic amines) is 1. The predicted octanol–water partition coefficient (Wildman–Crippen LogP) is 3.27. The first-order valence-electron chi connectivity index (χ1n) is 8.04. The molecular formula is C17H25BrN2O2. The van der Waals surface area contributed by atoms with Crippen molar-refractivity contribution >= 4 is 15.9 Å². The van der Waals surface area contributed by atoms with Gasteiger partial charge < -0.3 is 15.2 Å². The van der Waals surface area contributed by atoms with Crippen LogP contribution in [0, 0.1) is 0 Å². The lowest BCUT2D eigenvalue weighted by Crippen LogP contribution is -2.51. The SMILES string of the molecule is COc1cc(Br)cc(C2(N)CCCCC2)c1OC1CN(C)C1. The van der Waals surface area contributed by atoms with Crippen LogP contribution in [0.5, 0.6) is 11.5 Å². The van der Waals surface area contributed by atoms with E-state index in [0.29, 0.717) is 0 Å². The van der Waals surface area contributed by atoms with E-state index in [4.69, 9.17) is 15.2 Å². The second-order valence-corrected chi connectivity index (χ2v) is 7.58. The summed E-state index contributed by atoms with van der Waals surface area (Å²) in [6.07, 6.45) is 5.87. The van der Waals surface area contributed by atoms with Gasteiger partial charge in [-0.25, -0.2) is 0 Å². The number of likely N-dealkylation sites (N-methyl/N-ethyl adjacent to an activating group) is 1. The van der Waals surface area contributed by atoms with Crippen LogP contribution >= 0.6 is 15.9 Å². The van der Waals surface area contributed by atoms with Crippen LogP contribution in [0.1, 0.15) is 37.7 Å². The summed E-state index contributed by atoms with van der Waals surface area (Å²) in [5.74, 6) is 1.61. The van der Waals surface area contributed by atoms with E-state index in [0.717, 1.165) is 47.5 Å². The fraction of sp³-hybridized carbons (Fsp3) is 0.647. The number of hydrogen-bond donors (Lipinski definition) is 1. The van der Waals surface area contributed by atoms with Crippen molar-refractivity contribution in [2.24, 2.45) is 5.73 Å². The molecule has 2 aliphatic rings. The minimum absolute atomic E-state index is 0.228. The van der Waals surface area contributed by atoms with Gasteiger partial charge in [-0.1, -0.05) is 35.2 Å². The topological polar surface area (TPSA) is 47.7 Å². The molecule has 122 valence electrons. The van der Waals surface area contributed by atoms with E-state index in [9.17, 15) is 0 Å². The van der Waals surface area contributed by atoms with Gasteiger partial charge >= 0.3 is 0 Å². The van der Waals surface area contributed by atoms with Crippen molar-refractivity contribution in [1.82, 2.24) is 4.90 Å². The normalized spacial score (nSPS) is 22.2. The molecule has 1 aromatic rings. The van der Waals surface area contributed by atoms with Gasteiger partial charge in [0, 0.05) is 28.7 Å². The smallest absolute Gasteiger partial charge is 0.166 e. The lowest BCUT2D eigenvalue weighted by Gasteiger charge is -2.39. The molecule has 0 radical (unpaired) electrons. The molecule has 1 saturated heterocycles. The number of methoxy groups -OCH3 is 1. The van der Waals surface area contributed by atoms with Crippen molar-refractivity contribution in [1.29, 1.82) is 0 Å². The van der Waals surface area contributed by atoms with Crippen LogP contribution in [-0.4, -0.2) is 38.3 Å². The van der Waals surface area contributed by atoms with E-state index < -0.39 is 0 Å². The van der Waals surface area contributed by atoms with Gasteiger partial charge in [0.2, 0.25) is 0 Å². The van der Waals surface area contributed by atoms with Gasteiger partial charge in [-0.05, 0) is 32.0 Å². The molecular weight excluding hydrogens is 344 g/mol. The quantitative estimate of drug-likeness (QED) is 0.885. The van der Waals surface area contributed by atoms with Crippen molar-refractivity contribution in [3.8, 4) is 11.5 Å². The largest absolute Gasteiger partial charge is 0.493 e. The monoisotopic (exact) mass is 368 g/mol. The molecule has 4 nitrogen and oxygen atoms in total. The van der Waals surface area contributed by atoms with E-state index >= 15 is 0 Å². The first kappa shape index (κ1) is 16.1. The molecule has 1 aliphatic heterocycles. The van der Waals surface area contributed by atoms with Gasteiger partial charge in [-0.3, -0.25) is 4.90 Å². The number of halogens is 1. The average Bonchev–Trinajstić information content (AvgIpc) is 2.47. The standard InChI is InChI=1S/C17H25BrN2O2/c1-20-10-13(11-20)22-16-14(8-12(18)9-15(16)21-2)17(19)6-4-3-5-7-17/h8-9,13H,3-7,10-11,19H2,1-2H3. The highest BCUT2D eigenvalue weighted by atomic mass is 79.9. The van der Waals surface area contributed by atoms with E-state index in [1.807, 2.05) is 6.07 Å². The van der Waals surface area contributed by atoms with Crippen molar-refractivity contribution in [2.45, 2.75) is 43.7 Å². The fourth-order valence-electron chi connectivity index (χ4n) is 3.55. The first-order chi connectivity index (χ1) is 10.5. The molecule has 1 saturated carbocycles. The van der Waals surface area contributed by atoms with Crippen molar-refractivity contribution in [3.63, 3.8) is 0 Å². The molecule has 0 spiro atoms. The van der Waals surface area contributed by atoms with E-state index in [-0.39, 0.29) is 11.6 Å². The molecule has 22 heavy (non-hydrogen) atoms. The number of nitrogens with two attached hydrogens (primary N) is 1. The molecule has 0 amide bonds. The van der Waals surface area contributed by atoms with Crippen LogP contribution in [0.4, 0.5) is 0 Å². The van der Waals surface area contributed by atoms with Gasteiger partial charge in [-0.2, -0.15) is 0 Å². The molecule has 1 aliphatic carbocycles. The van der Waals surface area contributed by atoms with Crippen molar-refractivity contribution in [2.75, 3.05) is 27.2 Å². The maximum atomic E-state index is 6.77. The third-order valence-corrected chi connectivity index (χ3v) is 5.29. The number of nitrogens with zero attached hydrogens (tertiary/aromatic N) is 1. The van der Waals surface area contributed by atoms with Gasteiger partial charge in [0.05, 0.1) is 7.11 Å². The molecule has 5 heteroatoms. The Balaban J connectivity index is 1.97. The van der Waals surface area contributed by atoms with E-state index in [1.165, 1.54) is 19.3 Å². The zero-order chi connectivity index (χ0) is 15.7. The summed E-state index contributed by atoms with van der Waals surface area (Å²) in [4.78, 5) is 2.24. The van der Waals surface area contributed by atoms with E-state index in [2.05, 4.69) is 33.9 Å². The average molecular weight is 369 g/mol. The molecule has 0 aromatic heterocycles. The zero-order valence-corrected chi connectivity index (χ0v) is 15.0. The summed E-state index contributed by atoms with van der Waals surface area (Å²) in [7, 11) is 3.79. The minimum Gasteiger partial charge on any atom is -0.493 e. The van der Waals surface area contributed by atoms with Crippen LogP contribution in [0.2, 0.25) is 0 Å². The highest BCUT2D eigenvalue weighted by molar-refractivity contribution is 9.10. The summed E-state index contributed by atoms with van der Waals surface area (Å²) < 4.78 is 12.8. The van der Waals surface area contributed by atoms with Crippen LogP contribution in [0.15, 0.2) is 16.6 Å². The maximum Gasteiger partial charge on any atom is 0.166 e. The number of rotatable bonds is 4. The summed E-state index contributed by atoms with van der Waals surface area (Å²) in [6.45, 7) is 1.91. The van der Waals surface area contributed by atoms with Crippen LogP contribution in [0.3, 0.4) is 0 Å². The highest BCUT2D eigenvalue weighted by Gasteiger charge is 2.36. The minimum atomic E-state index is -0.305. The summed E-state index contributed by atoms with van der Waals surface area (Å²) in [5, 5.41) is 0. The molecule has 1 aromatic carbocycles. The van der Waals surface area contributed by atoms with Crippen LogP contribution < -0.4 is 15.2 Å². The second kappa shape index (κ2) is 6.38. The Morgan fingerprint density at radius 3 is 2.50 bits per heavy atom. The lowest BCUT2D eigenvalue weighted by atomic mass is 9.77.